The van der Waals surface area contributed by atoms with E-state index in [4.69, 9.17) is 27.9 Å². The van der Waals surface area contributed by atoms with Gasteiger partial charge in [-0.25, -0.2) is 13.2 Å². The van der Waals surface area contributed by atoms with E-state index in [0.29, 0.717) is 10.7 Å². The van der Waals surface area contributed by atoms with Gasteiger partial charge in [0.05, 0.1) is 21.2 Å². The number of hydrogen-bond acceptors (Lipinski definition) is 5. The average Bonchev–Trinajstić information content (AvgIpc) is 2.77. The van der Waals surface area contributed by atoms with Crippen molar-refractivity contribution >= 4 is 50.7 Å². The van der Waals surface area contributed by atoms with Gasteiger partial charge in [-0.2, -0.15) is 0 Å². The Morgan fingerprint density at radius 1 is 0.935 bits per heavy atom. The van der Waals surface area contributed by atoms with Crippen LogP contribution in [0.5, 0.6) is 0 Å². The molecule has 0 amide bonds. The Morgan fingerprint density at radius 3 is 2.19 bits per heavy atom. The molecule has 31 heavy (non-hydrogen) atoms. The molecule has 0 aliphatic rings. The maximum atomic E-state index is 12.8. The summed E-state index contributed by atoms with van der Waals surface area (Å²) in [7, 11) is -2.36. The summed E-state index contributed by atoms with van der Waals surface area (Å²) in [5, 5.41) is 0.539. The van der Waals surface area contributed by atoms with Gasteiger partial charge >= 0.3 is 5.97 Å². The smallest absolute Gasteiger partial charge is 0.338 e. The molecule has 0 heterocycles. The summed E-state index contributed by atoms with van der Waals surface area (Å²) in [6.45, 7) is -0.517. The number of ketones is 1. The first kappa shape index (κ1) is 22.8. The van der Waals surface area contributed by atoms with Gasteiger partial charge < -0.3 is 4.74 Å². The fourth-order valence-electron chi connectivity index (χ4n) is 2.71. The minimum atomic E-state index is -3.80. The molecule has 0 aliphatic heterocycles. The number of ether oxygens (including phenoxy) is 1. The summed E-state index contributed by atoms with van der Waals surface area (Å²) < 4.78 is 31.7. The third-order valence-electron chi connectivity index (χ3n) is 4.43. The van der Waals surface area contributed by atoms with Crippen LogP contribution in [-0.2, 0) is 14.8 Å². The minimum Gasteiger partial charge on any atom is -0.454 e. The number of anilines is 1. The van der Waals surface area contributed by atoms with E-state index in [9.17, 15) is 18.0 Å². The number of benzene rings is 3. The zero-order valence-corrected chi connectivity index (χ0v) is 18.6. The van der Waals surface area contributed by atoms with Crippen molar-refractivity contribution in [3.05, 3.63) is 94.0 Å². The maximum absolute atomic E-state index is 12.8. The summed E-state index contributed by atoms with van der Waals surface area (Å²) in [6, 6.07) is 18.3. The van der Waals surface area contributed by atoms with E-state index in [2.05, 4.69) is 0 Å². The van der Waals surface area contributed by atoms with E-state index in [1.54, 1.807) is 30.3 Å². The highest BCUT2D eigenvalue weighted by Crippen LogP contribution is 2.23. The number of hydrogen-bond donors (Lipinski definition) is 0. The average molecular weight is 478 g/mol. The number of esters is 1. The Kier molecular flexibility index (Phi) is 7.00. The molecule has 0 unspecified atom stereocenters. The van der Waals surface area contributed by atoms with Gasteiger partial charge in [0.25, 0.3) is 10.0 Å². The molecular weight excluding hydrogens is 461 g/mol. The van der Waals surface area contributed by atoms with Gasteiger partial charge in [-0.15, -0.1) is 0 Å². The molecule has 0 atom stereocenters. The highest BCUT2D eigenvalue weighted by molar-refractivity contribution is 7.92. The first-order valence-corrected chi connectivity index (χ1v) is 11.2. The topological polar surface area (TPSA) is 80.8 Å². The number of carbonyl (C=O) groups excluding carboxylic acids is 2. The van der Waals surface area contributed by atoms with Gasteiger partial charge in [0.15, 0.2) is 6.61 Å². The van der Waals surface area contributed by atoms with Crippen LogP contribution in [0.3, 0.4) is 0 Å². The minimum absolute atomic E-state index is 0.0134. The monoisotopic (exact) mass is 477 g/mol. The fourth-order valence-corrected chi connectivity index (χ4v) is 4.41. The molecule has 0 bridgehead atoms. The quantitative estimate of drug-likeness (QED) is 0.358. The summed E-state index contributed by atoms with van der Waals surface area (Å²) in [6.07, 6.45) is 0. The van der Waals surface area contributed by atoms with Crippen LogP contribution in [-0.4, -0.2) is 33.8 Å². The molecule has 3 aromatic rings. The number of nitrogens with zero attached hydrogens (tertiary/aromatic N) is 1. The maximum Gasteiger partial charge on any atom is 0.338 e. The van der Waals surface area contributed by atoms with Crippen LogP contribution >= 0.6 is 23.2 Å². The first-order chi connectivity index (χ1) is 14.7. The molecule has 0 radical (unpaired) electrons. The van der Waals surface area contributed by atoms with Crippen LogP contribution in [0.25, 0.3) is 0 Å². The highest BCUT2D eigenvalue weighted by Gasteiger charge is 2.22. The normalized spacial score (nSPS) is 11.1. The number of para-hydroxylation sites is 1. The van der Waals surface area contributed by atoms with Gasteiger partial charge in [0.2, 0.25) is 5.78 Å². The fraction of sp³-hybridized carbons (Fsp3) is 0.0909. The standard InChI is InChI=1S/C22H17Cl2NO5S/c1-25(17-5-3-2-4-6-17)31(28,29)18-10-7-15(8-11-18)22(27)30-14-21(26)19-12-9-16(23)13-20(19)24/h2-13H,14H2,1H3. The van der Waals surface area contributed by atoms with Crippen LogP contribution in [0.2, 0.25) is 10.0 Å². The van der Waals surface area contributed by atoms with Crippen LogP contribution in [0.4, 0.5) is 5.69 Å². The molecule has 3 aromatic carbocycles. The molecule has 0 aliphatic carbocycles. The van der Waals surface area contributed by atoms with Gasteiger partial charge in [-0.1, -0.05) is 41.4 Å². The third-order valence-corrected chi connectivity index (χ3v) is 6.78. The van der Waals surface area contributed by atoms with Gasteiger partial charge in [0.1, 0.15) is 0 Å². The predicted molar refractivity (Wildman–Crippen MR) is 120 cm³/mol. The zero-order chi connectivity index (χ0) is 22.6. The Balaban J connectivity index is 1.68. The number of carbonyl (C=O) groups is 2. The molecule has 0 spiro atoms. The van der Waals surface area contributed by atoms with Crippen molar-refractivity contribution in [3.63, 3.8) is 0 Å². The van der Waals surface area contributed by atoms with E-state index >= 15 is 0 Å². The van der Waals surface area contributed by atoms with E-state index in [1.165, 1.54) is 49.5 Å². The molecule has 160 valence electrons. The SMILES string of the molecule is CN(c1ccccc1)S(=O)(=O)c1ccc(C(=O)OCC(=O)c2ccc(Cl)cc2Cl)cc1. The van der Waals surface area contributed by atoms with Crippen LogP contribution < -0.4 is 4.31 Å². The predicted octanol–water partition coefficient (Wildman–Crippen LogP) is 4.86. The molecule has 3 rings (SSSR count). The molecular formula is C22H17Cl2NO5S. The van der Waals surface area contributed by atoms with Gasteiger partial charge in [-0.05, 0) is 54.6 Å². The molecule has 0 fully saturated rings. The second-order valence-electron chi connectivity index (χ2n) is 6.46. The van der Waals surface area contributed by atoms with Crippen molar-refractivity contribution < 1.29 is 22.7 Å². The molecule has 0 saturated heterocycles. The Bertz CT molecular complexity index is 1210. The second-order valence-corrected chi connectivity index (χ2v) is 9.27. The van der Waals surface area contributed by atoms with Crippen molar-refractivity contribution in [3.8, 4) is 0 Å². The Labute approximate surface area is 190 Å². The molecule has 0 aromatic heterocycles. The Morgan fingerprint density at radius 2 is 1.58 bits per heavy atom. The number of halogens is 2. The summed E-state index contributed by atoms with van der Waals surface area (Å²) in [5.41, 5.74) is 0.797. The summed E-state index contributed by atoms with van der Waals surface area (Å²) in [4.78, 5) is 24.5. The van der Waals surface area contributed by atoms with E-state index < -0.39 is 28.4 Å². The second kappa shape index (κ2) is 9.51. The first-order valence-electron chi connectivity index (χ1n) is 8.99. The molecule has 9 heteroatoms. The van der Waals surface area contributed by atoms with E-state index in [1.807, 2.05) is 0 Å². The van der Waals surface area contributed by atoms with Crippen LogP contribution in [0.15, 0.2) is 77.7 Å². The van der Waals surface area contributed by atoms with Crippen molar-refractivity contribution in [2.75, 3.05) is 18.0 Å². The molecule has 0 saturated carbocycles. The lowest BCUT2D eigenvalue weighted by Crippen LogP contribution is -2.26. The lowest BCUT2D eigenvalue weighted by atomic mass is 10.1. The lowest BCUT2D eigenvalue weighted by Gasteiger charge is -2.19. The van der Waals surface area contributed by atoms with E-state index in [-0.39, 0.29) is 21.0 Å². The van der Waals surface area contributed by atoms with Crippen LogP contribution in [0, 0.1) is 0 Å². The van der Waals surface area contributed by atoms with Crippen molar-refractivity contribution in [1.82, 2.24) is 0 Å². The molecule has 6 nitrogen and oxygen atoms in total. The third kappa shape index (κ3) is 5.25. The summed E-state index contributed by atoms with van der Waals surface area (Å²) in [5.74, 6) is -1.25. The van der Waals surface area contributed by atoms with Crippen molar-refractivity contribution in [2.24, 2.45) is 0 Å². The van der Waals surface area contributed by atoms with E-state index in [0.717, 1.165) is 4.31 Å². The highest BCUT2D eigenvalue weighted by atomic mass is 35.5. The number of Topliss-reactive ketones (excluding diaryl/α,β-unsaturated/α-hetero) is 1. The number of sulfonamides is 1. The molecule has 0 N–H and O–H groups in total. The van der Waals surface area contributed by atoms with Gasteiger partial charge in [-0.3, -0.25) is 9.10 Å². The zero-order valence-electron chi connectivity index (χ0n) is 16.3. The number of rotatable bonds is 7. The van der Waals surface area contributed by atoms with Crippen LogP contribution in [0.1, 0.15) is 20.7 Å². The Hall–Kier alpha value is -2.87. The lowest BCUT2D eigenvalue weighted by molar-refractivity contribution is 0.0474. The summed E-state index contributed by atoms with van der Waals surface area (Å²) >= 11 is 11.8. The van der Waals surface area contributed by atoms with Crippen molar-refractivity contribution in [1.29, 1.82) is 0 Å². The van der Waals surface area contributed by atoms with Gasteiger partial charge in [0, 0.05) is 17.6 Å². The largest absolute Gasteiger partial charge is 0.454 e. The van der Waals surface area contributed by atoms with Crippen molar-refractivity contribution in [2.45, 2.75) is 4.90 Å².